The van der Waals surface area contributed by atoms with Crippen molar-refractivity contribution < 1.29 is 5.11 Å². The molecular weight excluding hydrogens is 556 g/mol. The van der Waals surface area contributed by atoms with E-state index in [0.717, 1.165) is 71.0 Å². The van der Waals surface area contributed by atoms with E-state index in [2.05, 4.69) is 117 Å². The standard InChI is InChI=1S/C38H38N6O/c1-25-2-4-27(5-3-25)21-44-37-13-11-34(16-31(37)18-41-44)42-38-35-17-30(10-12-36(35)39-24-40-38)29-8-6-26(7-9-29)19-43-20-28-14-32(22-43)33(15-28)23-45/h2-13,16-18,24,28,32-33,45H,14-15,19-23H2,1H3,(H,39,40,42). The second-order valence-corrected chi connectivity index (χ2v) is 13.1. The molecule has 2 aliphatic rings. The van der Waals surface area contributed by atoms with Crippen LogP contribution in [0.4, 0.5) is 11.5 Å². The van der Waals surface area contributed by atoms with Crippen LogP contribution in [-0.4, -0.2) is 49.5 Å². The average Bonchev–Trinajstić information content (AvgIpc) is 3.60. The molecule has 3 heterocycles. The lowest BCUT2D eigenvalue weighted by molar-refractivity contribution is 0.134. The van der Waals surface area contributed by atoms with Crippen LogP contribution in [0.25, 0.3) is 32.9 Å². The van der Waals surface area contributed by atoms with E-state index in [4.69, 9.17) is 0 Å². The third-order valence-corrected chi connectivity index (χ3v) is 9.87. The van der Waals surface area contributed by atoms with E-state index in [1.54, 1.807) is 6.33 Å². The highest BCUT2D eigenvalue weighted by molar-refractivity contribution is 5.94. The van der Waals surface area contributed by atoms with Crippen LogP contribution in [0.2, 0.25) is 0 Å². The molecule has 45 heavy (non-hydrogen) atoms. The lowest BCUT2D eigenvalue weighted by Crippen LogP contribution is -2.36. The Labute approximate surface area is 263 Å². The van der Waals surface area contributed by atoms with Crippen molar-refractivity contribution in [3.05, 3.63) is 114 Å². The zero-order chi connectivity index (χ0) is 30.3. The number of piperidine rings is 1. The van der Waals surface area contributed by atoms with E-state index in [1.807, 2.05) is 10.9 Å². The van der Waals surface area contributed by atoms with E-state index in [0.29, 0.717) is 18.4 Å². The molecule has 2 fully saturated rings. The summed E-state index contributed by atoms with van der Waals surface area (Å²) in [5.41, 5.74) is 9.11. The number of fused-ring (bicyclic) bond motifs is 4. The number of likely N-dealkylation sites (tertiary alicyclic amines) is 1. The second kappa shape index (κ2) is 11.7. The lowest BCUT2D eigenvalue weighted by Gasteiger charge is -2.32. The molecule has 2 bridgehead atoms. The Bertz CT molecular complexity index is 1970. The summed E-state index contributed by atoms with van der Waals surface area (Å²) >= 11 is 0. The summed E-state index contributed by atoms with van der Waals surface area (Å²) in [6, 6.07) is 30.3. The van der Waals surface area contributed by atoms with E-state index in [1.165, 1.54) is 35.1 Å². The minimum Gasteiger partial charge on any atom is -0.396 e. The van der Waals surface area contributed by atoms with Gasteiger partial charge in [-0.15, -0.1) is 0 Å². The Balaban J connectivity index is 0.995. The van der Waals surface area contributed by atoms with Gasteiger partial charge in [0.15, 0.2) is 0 Å². The largest absolute Gasteiger partial charge is 0.396 e. The molecule has 0 amide bonds. The maximum Gasteiger partial charge on any atom is 0.141 e. The third kappa shape index (κ3) is 5.70. The first-order chi connectivity index (χ1) is 22.1. The maximum atomic E-state index is 9.74. The van der Waals surface area contributed by atoms with Gasteiger partial charge < -0.3 is 10.4 Å². The molecule has 7 nitrogen and oxygen atoms in total. The fourth-order valence-electron chi connectivity index (χ4n) is 7.52. The first kappa shape index (κ1) is 27.9. The van der Waals surface area contributed by atoms with Crippen LogP contribution in [0.5, 0.6) is 0 Å². The molecule has 0 spiro atoms. The summed E-state index contributed by atoms with van der Waals surface area (Å²) < 4.78 is 2.05. The van der Waals surface area contributed by atoms with Crippen LogP contribution in [0.15, 0.2) is 97.5 Å². The van der Waals surface area contributed by atoms with Gasteiger partial charge >= 0.3 is 0 Å². The second-order valence-electron chi connectivity index (χ2n) is 13.1. The first-order valence-corrected chi connectivity index (χ1v) is 16.0. The smallest absolute Gasteiger partial charge is 0.141 e. The highest BCUT2D eigenvalue weighted by atomic mass is 16.3. The Morgan fingerprint density at radius 2 is 1.62 bits per heavy atom. The van der Waals surface area contributed by atoms with Crippen LogP contribution in [0.3, 0.4) is 0 Å². The molecule has 4 aromatic carbocycles. The number of benzene rings is 4. The maximum absolute atomic E-state index is 9.74. The number of nitrogens with zero attached hydrogens (tertiary/aromatic N) is 5. The SMILES string of the molecule is Cc1ccc(Cn2ncc3cc(Nc4ncnc5ccc(-c6ccc(CN7CC8CC(CO)C(C8)C7)cc6)cc45)ccc32)cc1. The summed E-state index contributed by atoms with van der Waals surface area (Å²) in [5.74, 6) is 2.67. The molecule has 0 radical (unpaired) electrons. The number of nitrogens with one attached hydrogen (secondary N) is 1. The van der Waals surface area contributed by atoms with Crippen molar-refractivity contribution >= 4 is 33.3 Å². The number of hydrogen-bond acceptors (Lipinski definition) is 6. The van der Waals surface area contributed by atoms with Crippen LogP contribution in [-0.2, 0) is 13.1 Å². The fraction of sp³-hybridized carbons (Fsp3) is 0.289. The zero-order valence-corrected chi connectivity index (χ0v) is 25.6. The molecule has 1 aliphatic carbocycles. The van der Waals surface area contributed by atoms with Gasteiger partial charge in [-0.25, -0.2) is 9.97 Å². The lowest BCUT2D eigenvalue weighted by atomic mass is 9.94. The predicted octanol–water partition coefficient (Wildman–Crippen LogP) is 7.20. The normalized spacial score (nSPS) is 19.8. The van der Waals surface area contributed by atoms with E-state index in [9.17, 15) is 5.11 Å². The summed E-state index contributed by atoms with van der Waals surface area (Å²) in [7, 11) is 0. The Morgan fingerprint density at radius 1 is 0.822 bits per heavy atom. The van der Waals surface area contributed by atoms with Crippen LogP contribution >= 0.6 is 0 Å². The zero-order valence-electron chi connectivity index (χ0n) is 25.6. The Hall–Kier alpha value is -4.59. The number of aromatic nitrogens is 4. The minimum atomic E-state index is 0.341. The van der Waals surface area contributed by atoms with Gasteiger partial charge in [0.2, 0.25) is 0 Å². The molecular formula is C38H38N6O. The molecule has 2 N–H and O–H groups in total. The van der Waals surface area contributed by atoms with Crippen molar-refractivity contribution in [1.29, 1.82) is 0 Å². The van der Waals surface area contributed by atoms with Crippen molar-refractivity contribution in [3.8, 4) is 11.1 Å². The summed E-state index contributed by atoms with van der Waals surface area (Å²) in [4.78, 5) is 11.8. The van der Waals surface area contributed by atoms with Gasteiger partial charge in [-0.05, 0) is 90.1 Å². The predicted molar refractivity (Wildman–Crippen MR) is 180 cm³/mol. The monoisotopic (exact) mass is 594 g/mol. The number of aliphatic hydroxyl groups is 1. The number of aryl methyl sites for hydroxylation is 1. The molecule has 7 heteroatoms. The van der Waals surface area contributed by atoms with Crippen LogP contribution < -0.4 is 5.32 Å². The Morgan fingerprint density at radius 3 is 2.47 bits per heavy atom. The highest BCUT2D eigenvalue weighted by Gasteiger charge is 2.39. The van der Waals surface area contributed by atoms with Gasteiger partial charge in [-0.3, -0.25) is 9.58 Å². The van der Waals surface area contributed by atoms with Crippen LogP contribution in [0.1, 0.15) is 29.5 Å². The van der Waals surface area contributed by atoms with Gasteiger partial charge in [0.25, 0.3) is 0 Å². The minimum absolute atomic E-state index is 0.341. The summed E-state index contributed by atoms with van der Waals surface area (Å²) in [6.07, 6.45) is 6.02. The average molecular weight is 595 g/mol. The van der Waals surface area contributed by atoms with E-state index < -0.39 is 0 Å². The molecule has 1 aliphatic heterocycles. The molecule has 6 aromatic rings. The van der Waals surface area contributed by atoms with Gasteiger partial charge in [-0.2, -0.15) is 5.10 Å². The molecule has 2 aromatic heterocycles. The van der Waals surface area contributed by atoms with Crippen molar-refractivity contribution in [2.24, 2.45) is 17.8 Å². The third-order valence-electron chi connectivity index (χ3n) is 9.87. The number of rotatable bonds is 8. The fourth-order valence-corrected chi connectivity index (χ4v) is 7.52. The molecule has 8 rings (SSSR count). The highest BCUT2D eigenvalue weighted by Crippen LogP contribution is 2.41. The van der Waals surface area contributed by atoms with Crippen molar-refractivity contribution in [2.75, 3.05) is 25.0 Å². The molecule has 226 valence electrons. The van der Waals surface area contributed by atoms with Gasteiger partial charge in [-0.1, -0.05) is 60.2 Å². The quantitative estimate of drug-likeness (QED) is 0.194. The Kier molecular flexibility index (Phi) is 7.28. The van der Waals surface area contributed by atoms with Gasteiger partial charge in [0, 0.05) is 42.7 Å². The number of anilines is 2. The van der Waals surface area contributed by atoms with Gasteiger partial charge in [0.05, 0.1) is 23.8 Å². The van der Waals surface area contributed by atoms with Crippen molar-refractivity contribution in [3.63, 3.8) is 0 Å². The van der Waals surface area contributed by atoms with Gasteiger partial charge in [0.1, 0.15) is 12.1 Å². The topological polar surface area (TPSA) is 79.1 Å². The van der Waals surface area contributed by atoms with Crippen molar-refractivity contribution in [1.82, 2.24) is 24.6 Å². The molecule has 3 unspecified atom stereocenters. The molecule has 3 atom stereocenters. The first-order valence-electron chi connectivity index (χ1n) is 16.0. The summed E-state index contributed by atoms with van der Waals surface area (Å²) in [6.45, 7) is 6.41. The number of hydrogen-bond donors (Lipinski definition) is 2. The van der Waals surface area contributed by atoms with E-state index in [-0.39, 0.29) is 0 Å². The van der Waals surface area contributed by atoms with Crippen LogP contribution in [0, 0.1) is 24.7 Å². The molecule has 1 saturated carbocycles. The molecule has 1 saturated heterocycles. The summed E-state index contributed by atoms with van der Waals surface area (Å²) in [5, 5.41) is 20.0. The van der Waals surface area contributed by atoms with Crippen molar-refractivity contribution in [2.45, 2.75) is 32.9 Å². The van der Waals surface area contributed by atoms with E-state index >= 15 is 0 Å². The number of aliphatic hydroxyl groups excluding tert-OH is 1.